The lowest BCUT2D eigenvalue weighted by molar-refractivity contribution is -0.133. The van der Waals surface area contributed by atoms with Gasteiger partial charge in [-0.3, -0.25) is 19.2 Å². The molecule has 0 aromatic carbocycles. The number of nitrogens with zero attached hydrogens (tertiary/aromatic N) is 3. The van der Waals surface area contributed by atoms with E-state index in [2.05, 4.69) is 41.4 Å². The Morgan fingerprint density at radius 3 is 2.31 bits per heavy atom. The first-order valence-electron chi connectivity index (χ1n) is 10.6. The van der Waals surface area contributed by atoms with Crippen molar-refractivity contribution >= 4 is 11.8 Å². The van der Waals surface area contributed by atoms with Gasteiger partial charge in [-0.25, -0.2) is 0 Å². The molecule has 7 heteroatoms. The van der Waals surface area contributed by atoms with Gasteiger partial charge < -0.3 is 10.6 Å². The van der Waals surface area contributed by atoms with Crippen molar-refractivity contribution in [1.82, 2.24) is 25.3 Å². The predicted molar refractivity (Wildman–Crippen MR) is 114 cm³/mol. The Kier molecular flexibility index (Phi) is 5.58. The minimum absolute atomic E-state index is 0.0504. The minimum Gasteiger partial charge on any atom is -0.350 e. The number of aromatic nitrogens is 2. The maximum atomic E-state index is 12.6. The molecule has 162 valence electrons. The Morgan fingerprint density at radius 2 is 1.79 bits per heavy atom. The van der Waals surface area contributed by atoms with Crippen molar-refractivity contribution in [2.24, 2.45) is 18.4 Å². The zero-order chi connectivity index (χ0) is 21.6. The second-order valence-electron chi connectivity index (χ2n) is 11.2. The summed E-state index contributed by atoms with van der Waals surface area (Å²) in [5.74, 6) is 0.576. The van der Waals surface area contributed by atoms with Crippen LogP contribution in [0.5, 0.6) is 0 Å². The predicted octanol–water partition coefficient (Wildman–Crippen LogP) is 2.07. The molecular weight excluding hydrogens is 366 g/mol. The summed E-state index contributed by atoms with van der Waals surface area (Å²) in [6, 6.07) is 1.89. The quantitative estimate of drug-likeness (QED) is 0.789. The topological polar surface area (TPSA) is 79.3 Å². The molecule has 1 saturated heterocycles. The number of carbonyl (C=O) groups is 2. The fourth-order valence-corrected chi connectivity index (χ4v) is 4.62. The van der Waals surface area contributed by atoms with E-state index in [9.17, 15) is 9.59 Å². The van der Waals surface area contributed by atoms with Crippen LogP contribution in [0.4, 0.5) is 0 Å². The fraction of sp³-hybridized carbons (Fsp3) is 0.773. The van der Waals surface area contributed by atoms with Gasteiger partial charge >= 0.3 is 0 Å². The van der Waals surface area contributed by atoms with Gasteiger partial charge in [-0.1, -0.05) is 20.8 Å². The summed E-state index contributed by atoms with van der Waals surface area (Å²) in [5.41, 5.74) is 1.65. The molecule has 3 rings (SSSR count). The average molecular weight is 404 g/mol. The van der Waals surface area contributed by atoms with Crippen molar-refractivity contribution < 1.29 is 9.59 Å². The first kappa shape index (κ1) is 21.8. The van der Waals surface area contributed by atoms with Crippen LogP contribution in [0.3, 0.4) is 0 Å². The van der Waals surface area contributed by atoms with Crippen molar-refractivity contribution in [2.75, 3.05) is 26.2 Å². The normalized spacial score (nSPS) is 19.6. The van der Waals surface area contributed by atoms with Gasteiger partial charge in [0.05, 0.1) is 12.2 Å². The Balaban J connectivity index is 1.39. The number of amides is 2. The third-order valence-corrected chi connectivity index (χ3v) is 5.88. The average Bonchev–Trinajstić information content (AvgIpc) is 2.87. The molecule has 2 N–H and O–H groups in total. The summed E-state index contributed by atoms with van der Waals surface area (Å²) < 4.78 is 1.67. The van der Waals surface area contributed by atoms with Crippen LogP contribution in [0.15, 0.2) is 6.07 Å². The largest absolute Gasteiger partial charge is 0.350 e. The standard InChI is InChI=1S/C22H37N5O2/c1-20(2,3)17-8-16(26(7)25-17)19(29)23-11-15-9-22(10-15)13-27(14-22)12-18(28)24-21(4,5)6/h8,15H,9-14H2,1-7H3,(H,23,29)(H,24,28). The molecule has 29 heavy (non-hydrogen) atoms. The highest BCUT2D eigenvalue weighted by molar-refractivity contribution is 5.92. The molecule has 2 amide bonds. The van der Waals surface area contributed by atoms with Crippen molar-refractivity contribution in [2.45, 2.75) is 65.3 Å². The number of nitrogens with one attached hydrogen (secondary N) is 2. The molecule has 1 spiro atoms. The van der Waals surface area contributed by atoms with E-state index in [0.29, 0.717) is 30.1 Å². The summed E-state index contributed by atoms with van der Waals surface area (Å²) in [6.07, 6.45) is 2.26. The molecule has 0 bridgehead atoms. The van der Waals surface area contributed by atoms with E-state index in [1.54, 1.807) is 4.68 Å². The van der Waals surface area contributed by atoms with Gasteiger partial charge in [0.2, 0.25) is 5.91 Å². The van der Waals surface area contributed by atoms with Gasteiger partial charge in [0.15, 0.2) is 0 Å². The van der Waals surface area contributed by atoms with Gasteiger partial charge in [-0.05, 0) is 51.0 Å². The Bertz CT molecular complexity index is 770. The first-order valence-corrected chi connectivity index (χ1v) is 10.6. The third-order valence-electron chi connectivity index (χ3n) is 5.88. The molecule has 1 aliphatic heterocycles. The molecule has 0 radical (unpaired) electrons. The molecule has 7 nitrogen and oxygen atoms in total. The SMILES string of the molecule is Cn1nc(C(C)(C)C)cc1C(=O)NCC1CC2(C1)CN(CC(=O)NC(C)(C)C)C2. The van der Waals surface area contributed by atoms with E-state index in [0.717, 1.165) is 31.6 Å². The van der Waals surface area contributed by atoms with Crippen LogP contribution in [-0.2, 0) is 17.3 Å². The highest BCUT2D eigenvalue weighted by Gasteiger charge is 2.52. The fourth-order valence-electron chi connectivity index (χ4n) is 4.62. The molecule has 0 atom stereocenters. The van der Waals surface area contributed by atoms with E-state index >= 15 is 0 Å². The number of rotatable bonds is 5. The lowest BCUT2D eigenvalue weighted by Crippen LogP contribution is -2.64. The van der Waals surface area contributed by atoms with Gasteiger partial charge in [0.1, 0.15) is 5.69 Å². The van der Waals surface area contributed by atoms with E-state index in [1.807, 2.05) is 33.9 Å². The Hall–Kier alpha value is -1.89. The van der Waals surface area contributed by atoms with Crippen LogP contribution >= 0.6 is 0 Å². The molecule has 1 saturated carbocycles. The Labute approximate surface area is 174 Å². The molecule has 2 fully saturated rings. The Morgan fingerprint density at radius 1 is 1.17 bits per heavy atom. The molecule has 2 heterocycles. The summed E-state index contributed by atoms with van der Waals surface area (Å²) in [7, 11) is 1.82. The molecule has 2 aliphatic rings. The molecule has 1 aromatic heterocycles. The number of hydrogen-bond donors (Lipinski definition) is 2. The van der Waals surface area contributed by atoms with Crippen molar-refractivity contribution in [1.29, 1.82) is 0 Å². The van der Waals surface area contributed by atoms with Gasteiger partial charge in [0.25, 0.3) is 5.91 Å². The van der Waals surface area contributed by atoms with Crippen LogP contribution in [0.2, 0.25) is 0 Å². The zero-order valence-electron chi connectivity index (χ0n) is 19.1. The molecule has 1 aromatic rings. The van der Waals surface area contributed by atoms with Gasteiger partial charge in [-0.2, -0.15) is 5.10 Å². The highest BCUT2D eigenvalue weighted by Crippen LogP contribution is 2.51. The molecular formula is C22H37N5O2. The second-order valence-corrected chi connectivity index (χ2v) is 11.2. The lowest BCUT2D eigenvalue weighted by atomic mass is 9.57. The number of likely N-dealkylation sites (tertiary alicyclic amines) is 1. The van der Waals surface area contributed by atoms with Gasteiger partial charge in [-0.15, -0.1) is 0 Å². The maximum Gasteiger partial charge on any atom is 0.269 e. The lowest BCUT2D eigenvalue weighted by Gasteiger charge is -2.59. The van der Waals surface area contributed by atoms with Crippen molar-refractivity contribution in [3.05, 3.63) is 17.5 Å². The summed E-state index contributed by atoms with van der Waals surface area (Å²) in [6.45, 7) is 15.5. The minimum atomic E-state index is -0.180. The molecule has 0 unspecified atom stereocenters. The number of hydrogen-bond acceptors (Lipinski definition) is 4. The van der Waals surface area contributed by atoms with Crippen LogP contribution in [0.25, 0.3) is 0 Å². The smallest absolute Gasteiger partial charge is 0.269 e. The number of carbonyl (C=O) groups excluding carboxylic acids is 2. The number of aryl methyl sites for hydroxylation is 1. The zero-order valence-corrected chi connectivity index (χ0v) is 19.1. The van der Waals surface area contributed by atoms with Crippen molar-refractivity contribution in [3.8, 4) is 0 Å². The molecule has 1 aliphatic carbocycles. The van der Waals surface area contributed by atoms with E-state index in [4.69, 9.17) is 0 Å². The summed E-state index contributed by atoms with van der Waals surface area (Å²) in [5, 5.41) is 10.6. The van der Waals surface area contributed by atoms with Crippen LogP contribution in [0.1, 0.15) is 70.6 Å². The van der Waals surface area contributed by atoms with E-state index in [-0.39, 0.29) is 22.8 Å². The van der Waals surface area contributed by atoms with E-state index < -0.39 is 0 Å². The monoisotopic (exact) mass is 403 g/mol. The second kappa shape index (κ2) is 7.42. The van der Waals surface area contributed by atoms with Crippen LogP contribution in [-0.4, -0.2) is 58.2 Å². The van der Waals surface area contributed by atoms with E-state index in [1.165, 1.54) is 0 Å². The van der Waals surface area contributed by atoms with Gasteiger partial charge in [0, 0.05) is 37.6 Å². The first-order chi connectivity index (χ1) is 13.3. The van der Waals surface area contributed by atoms with Crippen LogP contribution in [0, 0.1) is 11.3 Å². The maximum absolute atomic E-state index is 12.6. The van der Waals surface area contributed by atoms with Crippen molar-refractivity contribution in [3.63, 3.8) is 0 Å². The van der Waals surface area contributed by atoms with Crippen LogP contribution < -0.4 is 10.6 Å². The third kappa shape index (κ3) is 5.18. The summed E-state index contributed by atoms with van der Waals surface area (Å²) >= 11 is 0. The highest BCUT2D eigenvalue weighted by atomic mass is 16.2. The summed E-state index contributed by atoms with van der Waals surface area (Å²) in [4.78, 5) is 26.8.